The fraction of sp³-hybridized carbons (Fsp3) is 0.294. The molecular formula is C17H18FN3O3. The molecule has 0 radical (unpaired) electrons. The maximum atomic E-state index is 13.5. The zero-order valence-electron chi connectivity index (χ0n) is 13.1. The molecule has 7 heteroatoms. The lowest BCUT2D eigenvalue weighted by atomic mass is 10.2. The van der Waals surface area contributed by atoms with E-state index in [0.29, 0.717) is 31.9 Å². The number of amides is 2. The highest BCUT2D eigenvalue weighted by atomic mass is 19.1. The third-order valence-corrected chi connectivity index (χ3v) is 3.91. The number of hydrogen-bond acceptors (Lipinski definition) is 4. The molecule has 2 heterocycles. The van der Waals surface area contributed by atoms with Gasteiger partial charge in [0.05, 0.1) is 18.5 Å². The molecule has 2 aromatic rings. The molecule has 1 saturated heterocycles. The molecule has 1 aromatic carbocycles. The van der Waals surface area contributed by atoms with Crippen LogP contribution < -0.4 is 5.32 Å². The van der Waals surface area contributed by atoms with Gasteiger partial charge in [-0.25, -0.2) is 4.39 Å². The van der Waals surface area contributed by atoms with E-state index in [1.807, 2.05) is 4.90 Å². The second kappa shape index (κ2) is 7.27. The van der Waals surface area contributed by atoms with Crippen molar-refractivity contribution in [2.75, 3.05) is 38.0 Å². The van der Waals surface area contributed by atoms with Crippen LogP contribution in [-0.4, -0.2) is 54.3 Å². The van der Waals surface area contributed by atoms with Crippen molar-refractivity contribution in [3.63, 3.8) is 0 Å². The summed E-state index contributed by atoms with van der Waals surface area (Å²) in [6.45, 7) is 2.37. The van der Waals surface area contributed by atoms with Gasteiger partial charge < -0.3 is 14.6 Å². The van der Waals surface area contributed by atoms with Crippen molar-refractivity contribution < 1.29 is 18.4 Å². The van der Waals surface area contributed by atoms with E-state index in [0.717, 1.165) is 0 Å². The van der Waals surface area contributed by atoms with Crippen LogP contribution in [0.2, 0.25) is 0 Å². The molecule has 1 aliphatic rings. The van der Waals surface area contributed by atoms with Crippen molar-refractivity contribution in [3.8, 4) is 0 Å². The summed E-state index contributed by atoms with van der Waals surface area (Å²) < 4.78 is 18.6. The summed E-state index contributed by atoms with van der Waals surface area (Å²) in [4.78, 5) is 27.8. The lowest BCUT2D eigenvalue weighted by molar-refractivity contribution is -0.117. The van der Waals surface area contributed by atoms with E-state index in [2.05, 4.69) is 5.32 Å². The zero-order valence-corrected chi connectivity index (χ0v) is 13.1. The lowest BCUT2D eigenvalue weighted by Crippen LogP contribution is -2.50. The van der Waals surface area contributed by atoms with Gasteiger partial charge in [-0.05, 0) is 24.3 Å². The van der Waals surface area contributed by atoms with Crippen molar-refractivity contribution >= 4 is 17.5 Å². The Labute approximate surface area is 138 Å². The predicted octanol–water partition coefficient (Wildman–Crippen LogP) is 1.82. The number of halogens is 1. The molecule has 24 heavy (non-hydrogen) atoms. The van der Waals surface area contributed by atoms with Gasteiger partial charge in [-0.15, -0.1) is 0 Å². The van der Waals surface area contributed by atoms with Gasteiger partial charge >= 0.3 is 0 Å². The van der Waals surface area contributed by atoms with E-state index < -0.39 is 5.82 Å². The number of benzene rings is 1. The van der Waals surface area contributed by atoms with Gasteiger partial charge in [-0.1, -0.05) is 12.1 Å². The van der Waals surface area contributed by atoms with Crippen molar-refractivity contribution in [1.82, 2.24) is 9.80 Å². The Hall–Kier alpha value is -2.67. The first-order chi connectivity index (χ1) is 11.6. The molecule has 1 fully saturated rings. The van der Waals surface area contributed by atoms with Crippen LogP contribution in [0.5, 0.6) is 0 Å². The van der Waals surface area contributed by atoms with Gasteiger partial charge in [-0.2, -0.15) is 0 Å². The first-order valence-corrected chi connectivity index (χ1v) is 7.73. The van der Waals surface area contributed by atoms with Crippen molar-refractivity contribution in [1.29, 1.82) is 0 Å². The van der Waals surface area contributed by atoms with E-state index in [4.69, 9.17) is 4.42 Å². The Balaban J connectivity index is 1.48. The van der Waals surface area contributed by atoms with E-state index >= 15 is 0 Å². The third-order valence-electron chi connectivity index (χ3n) is 3.91. The summed E-state index contributed by atoms with van der Waals surface area (Å²) in [7, 11) is 0. The van der Waals surface area contributed by atoms with Crippen LogP contribution >= 0.6 is 0 Å². The number of rotatable bonds is 4. The summed E-state index contributed by atoms with van der Waals surface area (Å²) >= 11 is 0. The Morgan fingerprint density at radius 3 is 2.50 bits per heavy atom. The third kappa shape index (κ3) is 3.80. The minimum Gasteiger partial charge on any atom is -0.459 e. The molecule has 1 aromatic heterocycles. The van der Waals surface area contributed by atoms with E-state index in [1.165, 1.54) is 18.4 Å². The van der Waals surface area contributed by atoms with Gasteiger partial charge in [0.1, 0.15) is 5.82 Å². The van der Waals surface area contributed by atoms with Crippen LogP contribution in [0.15, 0.2) is 47.1 Å². The maximum Gasteiger partial charge on any atom is 0.289 e. The zero-order chi connectivity index (χ0) is 16.9. The first-order valence-electron chi connectivity index (χ1n) is 7.73. The largest absolute Gasteiger partial charge is 0.459 e. The molecule has 3 rings (SSSR count). The molecule has 0 saturated carbocycles. The fourth-order valence-corrected chi connectivity index (χ4v) is 2.62. The number of carbonyl (C=O) groups is 2. The predicted molar refractivity (Wildman–Crippen MR) is 86.1 cm³/mol. The van der Waals surface area contributed by atoms with Gasteiger partial charge in [0.25, 0.3) is 5.91 Å². The highest BCUT2D eigenvalue weighted by Gasteiger charge is 2.24. The van der Waals surface area contributed by atoms with Crippen LogP contribution in [0.1, 0.15) is 10.6 Å². The quantitative estimate of drug-likeness (QED) is 0.928. The minimum atomic E-state index is -0.459. The summed E-state index contributed by atoms with van der Waals surface area (Å²) in [6.07, 6.45) is 1.47. The monoisotopic (exact) mass is 331 g/mol. The Morgan fingerprint density at radius 2 is 1.83 bits per heavy atom. The van der Waals surface area contributed by atoms with E-state index in [-0.39, 0.29) is 24.0 Å². The summed E-state index contributed by atoms with van der Waals surface area (Å²) in [6, 6.07) is 9.37. The number of hydrogen-bond donors (Lipinski definition) is 1. The normalized spacial score (nSPS) is 15.3. The number of nitrogens with zero attached hydrogens (tertiary/aromatic N) is 2. The summed E-state index contributed by atoms with van der Waals surface area (Å²) in [5.41, 5.74) is 0.175. The highest BCUT2D eigenvalue weighted by molar-refractivity contribution is 5.92. The number of piperazine rings is 1. The molecule has 1 aliphatic heterocycles. The second-order valence-electron chi connectivity index (χ2n) is 5.57. The molecule has 126 valence electrons. The van der Waals surface area contributed by atoms with Crippen LogP contribution in [0.25, 0.3) is 0 Å². The average Bonchev–Trinajstić information content (AvgIpc) is 3.11. The molecule has 2 amide bonds. The SMILES string of the molecule is O=C(CN1CCN(C(=O)c2ccco2)CC1)Nc1ccccc1F. The number of furan rings is 1. The Bertz CT molecular complexity index is 710. The van der Waals surface area contributed by atoms with Crippen LogP contribution in [0, 0.1) is 5.82 Å². The van der Waals surface area contributed by atoms with Crippen LogP contribution in [0.4, 0.5) is 10.1 Å². The van der Waals surface area contributed by atoms with Crippen molar-refractivity contribution in [3.05, 3.63) is 54.2 Å². The van der Waals surface area contributed by atoms with E-state index in [9.17, 15) is 14.0 Å². The summed E-state index contributed by atoms with van der Waals surface area (Å²) in [5.74, 6) is -0.554. The lowest BCUT2D eigenvalue weighted by Gasteiger charge is -2.33. The van der Waals surface area contributed by atoms with E-state index in [1.54, 1.807) is 29.2 Å². The first kappa shape index (κ1) is 16.2. The second-order valence-corrected chi connectivity index (χ2v) is 5.57. The molecule has 0 unspecified atom stereocenters. The van der Waals surface area contributed by atoms with Gasteiger partial charge in [-0.3, -0.25) is 14.5 Å². The summed E-state index contributed by atoms with van der Waals surface area (Å²) in [5, 5.41) is 2.56. The van der Waals surface area contributed by atoms with Crippen molar-refractivity contribution in [2.24, 2.45) is 0 Å². The molecule has 1 N–H and O–H groups in total. The van der Waals surface area contributed by atoms with Crippen molar-refractivity contribution in [2.45, 2.75) is 0 Å². The molecule has 0 aliphatic carbocycles. The fourth-order valence-electron chi connectivity index (χ4n) is 2.62. The smallest absolute Gasteiger partial charge is 0.289 e. The Morgan fingerprint density at radius 1 is 1.08 bits per heavy atom. The molecule has 0 bridgehead atoms. The highest BCUT2D eigenvalue weighted by Crippen LogP contribution is 2.13. The van der Waals surface area contributed by atoms with Gasteiger partial charge in [0, 0.05) is 26.2 Å². The molecule has 6 nitrogen and oxygen atoms in total. The van der Waals surface area contributed by atoms with Gasteiger partial charge in [0.15, 0.2) is 5.76 Å². The molecule has 0 atom stereocenters. The number of para-hydroxylation sites is 1. The number of nitrogens with one attached hydrogen (secondary N) is 1. The molecule has 0 spiro atoms. The van der Waals surface area contributed by atoms with Crippen LogP contribution in [0.3, 0.4) is 0 Å². The Kier molecular flexibility index (Phi) is 4.90. The number of anilines is 1. The standard InChI is InChI=1S/C17H18FN3O3/c18-13-4-1-2-5-14(13)19-16(22)12-20-7-9-21(10-8-20)17(23)15-6-3-11-24-15/h1-6,11H,7-10,12H2,(H,19,22). The topological polar surface area (TPSA) is 65.8 Å². The van der Waals surface area contributed by atoms with Gasteiger partial charge in [0.2, 0.25) is 5.91 Å². The van der Waals surface area contributed by atoms with Crippen LogP contribution in [-0.2, 0) is 4.79 Å². The molecular weight excluding hydrogens is 313 g/mol. The number of carbonyl (C=O) groups excluding carboxylic acids is 2. The minimum absolute atomic E-state index is 0.143. The average molecular weight is 331 g/mol. The maximum absolute atomic E-state index is 13.5.